The third-order valence-corrected chi connectivity index (χ3v) is 4.77. The van der Waals surface area contributed by atoms with Crippen molar-refractivity contribution in [3.8, 4) is 0 Å². The van der Waals surface area contributed by atoms with Crippen LogP contribution in [0.15, 0.2) is 46.9 Å². The van der Waals surface area contributed by atoms with E-state index in [2.05, 4.69) is 5.32 Å². The molecule has 6 heteroatoms. The van der Waals surface area contributed by atoms with Crippen molar-refractivity contribution >= 4 is 28.5 Å². The molecule has 1 heterocycles. The molecule has 0 aliphatic heterocycles. The van der Waals surface area contributed by atoms with Gasteiger partial charge in [0.2, 0.25) is 5.76 Å². The Morgan fingerprint density at radius 3 is 2.34 bits per heavy atom. The van der Waals surface area contributed by atoms with Gasteiger partial charge in [0.15, 0.2) is 6.61 Å². The van der Waals surface area contributed by atoms with Crippen LogP contribution in [0.2, 0.25) is 0 Å². The van der Waals surface area contributed by atoms with Crippen LogP contribution in [0.25, 0.3) is 11.0 Å². The molecule has 152 valence electrons. The van der Waals surface area contributed by atoms with Crippen molar-refractivity contribution in [2.75, 3.05) is 19.0 Å². The van der Waals surface area contributed by atoms with E-state index in [-0.39, 0.29) is 12.4 Å². The normalized spacial score (nSPS) is 10.9. The van der Waals surface area contributed by atoms with Crippen LogP contribution >= 0.6 is 0 Å². The number of benzene rings is 2. The van der Waals surface area contributed by atoms with Crippen LogP contribution in [-0.2, 0) is 33.7 Å². The number of aryl methyl sites for hydroxylation is 2. The Kier molecular flexibility index (Phi) is 6.67. The quantitative estimate of drug-likeness (QED) is 0.568. The molecule has 0 unspecified atom stereocenters. The first-order valence-electron chi connectivity index (χ1n) is 9.66. The number of amides is 1. The maximum Gasteiger partial charge on any atom is 0.375 e. The van der Waals surface area contributed by atoms with Crippen molar-refractivity contribution in [3.05, 3.63) is 64.9 Å². The highest BCUT2D eigenvalue weighted by Crippen LogP contribution is 2.27. The molecule has 29 heavy (non-hydrogen) atoms. The van der Waals surface area contributed by atoms with E-state index in [9.17, 15) is 9.59 Å². The van der Waals surface area contributed by atoms with E-state index in [1.54, 1.807) is 13.2 Å². The number of esters is 1. The molecule has 3 aromatic rings. The molecule has 0 aliphatic rings. The van der Waals surface area contributed by atoms with Crippen molar-refractivity contribution < 1.29 is 23.5 Å². The molecule has 2 aromatic carbocycles. The van der Waals surface area contributed by atoms with Gasteiger partial charge in [0.1, 0.15) is 5.58 Å². The van der Waals surface area contributed by atoms with Crippen LogP contribution in [0.3, 0.4) is 0 Å². The van der Waals surface area contributed by atoms with Crippen molar-refractivity contribution in [1.29, 1.82) is 0 Å². The molecule has 0 saturated heterocycles. The molecule has 1 amide bonds. The second kappa shape index (κ2) is 9.39. The van der Waals surface area contributed by atoms with Gasteiger partial charge < -0.3 is 19.2 Å². The second-order valence-corrected chi connectivity index (χ2v) is 6.62. The average molecular weight is 395 g/mol. The molecule has 0 saturated carbocycles. The Morgan fingerprint density at radius 2 is 1.69 bits per heavy atom. The first kappa shape index (κ1) is 20.6. The maximum absolute atomic E-state index is 12.6. The molecule has 0 atom stereocenters. The summed E-state index contributed by atoms with van der Waals surface area (Å²) in [6, 6.07) is 13.2. The van der Waals surface area contributed by atoms with E-state index < -0.39 is 18.5 Å². The summed E-state index contributed by atoms with van der Waals surface area (Å²) in [5, 5.41) is 3.67. The Balaban J connectivity index is 1.72. The number of fused-ring (bicyclic) bond motifs is 1. The van der Waals surface area contributed by atoms with E-state index in [4.69, 9.17) is 13.9 Å². The van der Waals surface area contributed by atoms with Gasteiger partial charge in [0.25, 0.3) is 5.91 Å². The van der Waals surface area contributed by atoms with Crippen molar-refractivity contribution in [1.82, 2.24) is 0 Å². The predicted molar refractivity (Wildman–Crippen MR) is 111 cm³/mol. The summed E-state index contributed by atoms with van der Waals surface area (Å²) in [4.78, 5) is 25.0. The fourth-order valence-corrected chi connectivity index (χ4v) is 3.33. The topological polar surface area (TPSA) is 77.8 Å². The van der Waals surface area contributed by atoms with Gasteiger partial charge in [-0.2, -0.15) is 0 Å². The van der Waals surface area contributed by atoms with Gasteiger partial charge in [-0.15, -0.1) is 0 Å². The first-order valence-corrected chi connectivity index (χ1v) is 9.66. The zero-order valence-electron chi connectivity index (χ0n) is 16.9. The number of hydrogen-bond donors (Lipinski definition) is 1. The molecule has 6 nitrogen and oxygen atoms in total. The molecule has 0 radical (unpaired) electrons. The lowest BCUT2D eigenvalue weighted by atomic mass is 10.0. The lowest BCUT2D eigenvalue weighted by Gasteiger charge is -2.14. The van der Waals surface area contributed by atoms with Gasteiger partial charge in [0.05, 0.1) is 6.61 Å². The number of carbonyl (C=O) groups is 2. The minimum absolute atomic E-state index is 0.0593. The molecule has 0 spiro atoms. The lowest BCUT2D eigenvalue weighted by Crippen LogP contribution is -2.22. The van der Waals surface area contributed by atoms with E-state index in [1.165, 1.54) is 0 Å². The van der Waals surface area contributed by atoms with E-state index in [0.29, 0.717) is 11.1 Å². The molecule has 1 N–H and O–H groups in total. The van der Waals surface area contributed by atoms with Gasteiger partial charge in [-0.25, -0.2) is 4.79 Å². The van der Waals surface area contributed by atoms with Gasteiger partial charge >= 0.3 is 5.97 Å². The fourth-order valence-electron chi connectivity index (χ4n) is 3.33. The maximum atomic E-state index is 12.6. The SMILES string of the molecule is CCc1cccc(CC)c1NC(=O)COC(=O)c1oc2ccccc2c1COC. The van der Waals surface area contributed by atoms with Crippen LogP contribution in [0.4, 0.5) is 5.69 Å². The van der Waals surface area contributed by atoms with Crippen molar-refractivity contribution in [2.24, 2.45) is 0 Å². The Hall–Kier alpha value is -3.12. The zero-order valence-corrected chi connectivity index (χ0v) is 16.9. The number of ether oxygens (including phenoxy) is 2. The van der Waals surface area contributed by atoms with Crippen LogP contribution in [0, 0.1) is 0 Å². The molecule has 3 rings (SSSR count). The van der Waals surface area contributed by atoms with Gasteiger partial charge in [-0.3, -0.25) is 4.79 Å². The standard InChI is InChI=1S/C23H25NO5/c1-4-15-9-8-10-16(5-2)21(15)24-20(25)14-28-23(26)22-18(13-27-3)17-11-6-7-12-19(17)29-22/h6-12H,4-5,13-14H2,1-3H3,(H,24,25). The largest absolute Gasteiger partial charge is 0.450 e. The third kappa shape index (κ3) is 4.49. The monoisotopic (exact) mass is 395 g/mol. The van der Waals surface area contributed by atoms with Gasteiger partial charge in [0, 0.05) is 23.7 Å². The molecule has 0 aliphatic carbocycles. The second-order valence-electron chi connectivity index (χ2n) is 6.62. The highest BCUT2D eigenvalue weighted by Gasteiger charge is 2.22. The molecule has 0 bridgehead atoms. The minimum Gasteiger partial charge on any atom is -0.450 e. The summed E-state index contributed by atoms with van der Waals surface area (Å²) in [6.07, 6.45) is 1.59. The van der Waals surface area contributed by atoms with Crippen molar-refractivity contribution in [2.45, 2.75) is 33.3 Å². The summed E-state index contributed by atoms with van der Waals surface area (Å²) >= 11 is 0. The summed E-state index contributed by atoms with van der Waals surface area (Å²) in [5.74, 6) is -1.02. The Morgan fingerprint density at radius 1 is 1.00 bits per heavy atom. The molecule has 0 fully saturated rings. The summed E-state index contributed by atoms with van der Waals surface area (Å²) < 4.78 is 16.1. The molecular formula is C23H25NO5. The fraction of sp³-hybridized carbons (Fsp3) is 0.304. The molecule has 1 aromatic heterocycles. The third-order valence-electron chi connectivity index (χ3n) is 4.77. The number of para-hydroxylation sites is 2. The first-order chi connectivity index (χ1) is 14.1. The van der Waals surface area contributed by atoms with Crippen LogP contribution in [0.1, 0.15) is 41.1 Å². The predicted octanol–water partition coefficient (Wildman–Crippen LogP) is 4.50. The van der Waals surface area contributed by atoms with Crippen LogP contribution in [0.5, 0.6) is 0 Å². The van der Waals surface area contributed by atoms with E-state index >= 15 is 0 Å². The van der Waals surface area contributed by atoms with Crippen LogP contribution in [-0.4, -0.2) is 25.6 Å². The Bertz CT molecular complexity index is 999. The number of furan rings is 1. The number of anilines is 1. The minimum atomic E-state index is -0.692. The van der Waals surface area contributed by atoms with Crippen molar-refractivity contribution in [3.63, 3.8) is 0 Å². The lowest BCUT2D eigenvalue weighted by molar-refractivity contribution is -0.119. The number of methoxy groups -OCH3 is 1. The Labute approximate surface area is 169 Å². The average Bonchev–Trinajstić information content (AvgIpc) is 3.11. The number of nitrogens with one attached hydrogen (secondary N) is 1. The summed E-state index contributed by atoms with van der Waals surface area (Å²) in [7, 11) is 1.54. The number of carbonyl (C=O) groups excluding carboxylic acids is 2. The number of rotatable bonds is 8. The molecular weight excluding hydrogens is 370 g/mol. The van der Waals surface area contributed by atoms with Gasteiger partial charge in [-0.05, 0) is 30.0 Å². The van der Waals surface area contributed by atoms with E-state index in [1.807, 2.05) is 50.2 Å². The van der Waals surface area contributed by atoms with E-state index in [0.717, 1.165) is 35.0 Å². The highest BCUT2D eigenvalue weighted by atomic mass is 16.5. The van der Waals surface area contributed by atoms with Crippen LogP contribution < -0.4 is 5.32 Å². The highest BCUT2D eigenvalue weighted by molar-refractivity contribution is 5.98. The van der Waals surface area contributed by atoms with Gasteiger partial charge in [-0.1, -0.05) is 50.2 Å². The smallest absolute Gasteiger partial charge is 0.375 e. The number of hydrogen-bond acceptors (Lipinski definition) is 5. The summed E-state index contributed by atoms with van der Waals surface area (Å²) in [6.45, 7) is 3.87. The zero-order chi connectivity index (χ0) is 20.8. The summed E-state index contributed by atoms with van der Waals surface area (Å²) in [5.41, 5.74) is 4.06.